The SMILES string of the molecule is O=C1N(c2ccccc2)C(=O)N2C(c3ccccc3)CN3CCSC32N1c1ccccc1. The van der Waals surface area contributed by atoms with Crippen LogP contribution in [0.1, 0.15) is 11.6 Å². The van der Waals surface area contributed by atoms with Gasteiger partial charge >= 0.3 is 12.1 Å². The lowest BCUT2D eigenvalue weighted by Crippen LogP contribution is -2.73. The Hall–Kier alpha value is -3.29. The highest BCUT2D eigenvalue weighted by Crippen LogP contribution is 2.55. The molecule has 3 aliphatic heterocycles. The highest BCUT2D eigenvalue weighted by molar-refractivity contribution is 8.01. The Morgan fingerprint density at radius 3 is 2.00 bits per heavy atom. The first-order chi connectivity index (χ1) is 15.7. The summed E-state index contributed by atoms with van der Waals surface area (Å²) in [5.41, 5.74) is 2.43. The molecule has 2 unspecified atom stereocenters. The quantitative estimate of drug-likeness (QED) is 0.575. The molecule has 0 aliphatic carbocycles. The van der Waals surface area contributed by atoms with Crippen LogP contribution in [0, 0.1) is 0 Å². The van der Waals surface area contributed by atoms with Crippen LogP contribution >= 0.6 is 11.8 Å². The summed E-state index contributed by atoms with van der Waals surface area (Å²) in [4.78, 5) is 35.4. The molecular weight excluding hydrogens is 420 g/mol. The molecule has 0 N–H and O–H groups in total. The summed E-state index contributed by atoms with van der Waals surface area (Å²) < 4.78 is 0. The fourth-order valence-corrected chi connectivity index (χ4v) is 6.62. The van der Waals surface area contributed by atoms with E-state index in [1.807, 2.05) is 88.7 Å². The van der Waals surface area contributed by atoms with Crippen LogP contribution in [0.25, 0.3) is 0 Å². The molecule has 32 heavy (non-hydrogen) atoms. The number of para-hydroxylation sites is 2. The molecule has 3 aromatic carbocycles. The van der Waals surface area contributed by atoms with Gasteiger partial charge in [-0.25, -0.2) is 19.4 Å². The number of carbonyl (C=O) groups is 2. The summed E-state index contributed by atoms with van der Waals surface area (Å²) in [5.74, 6) is 0.854. The molecule has 7 heteroatoms. The highest BCUT2D eigenvalue weighted by Gasteiger charge is 2.67. The van der Waals surface area contributed by atoms with E-state index in [-0.39, 0.29) is 18.1 Å². The van der Waals surface area contributed by atoms with Gasteiger partial charge in [-0.1, -0.05) is 78.5 Å². The zero-order valence-corrected chi connectivity index (χ0v) is 18.2. The molecule has 160 valence electrons. The monoisotopic (exact) mass is 442 g/mol. The number of urea groups is 2. The van der Waals surface area contributed by atoms with Crippen molar-refractivity contribution >= 4 is 35.2 Å². The summed E-state index contributed by atoms with van der Waals surface area (Å²) >= 11 is 1.66. The zero-order chi connectivity index (χ0) is 21.7. The average molecular weight is 443 g/mol. The van der Waals surface area contributed by atoms with E-state index in [2.05, 4.69) is 17.0 Å². The summed E-state index contributed by atoms with van der Waals surface area (Å²) in [7, 11) is 0. The number of thioether (sulfide) groups is 1. The number of benzene rings is 3. The summed E-state index contributed by atoms with van der Waals surface area (Å²) in [6.45, 7) is 1.50. The fraction of sp³-hybridized carbons (Fsp3) is 0.200. The first kappa shape index (κ1) is 19.4. The number of nitrogens with zero attached hydrogens (tertiary/aromatic N) is 4. The summed E-state index contributed by atoms with van der Waals surface area (Å²) in [5, 5.41) is -0.874. The van der Waals surface area contributed by atoms with Gasteiger partial charge in [0, 0.05) is 18.8 Å². The second kappa shape index (κ2) is 7.39. The number of carbonyl (C=O) groups excluding carboxylic acids is 2. The van der Waals surface area contributed by atoms with E-state index in [0.29, 0.717) is 12.2 Å². The van der Waals surface area contributed by atoms with Crippen molar-refractivity contribution in [3.63, 3.8) is 0 Å². The number of imide groups is 1. The normalized spacial score (nSPS) is 25.2. The molecule has 3 heterocycles. The van der Waals surface area contributed by atoms with Gasteiger partial charge in [-0.3, -0.25) is 9.80 Å². The van der Waals surface area contributed by atoms with Crippen LogP contribution in [-0.2, 0) is 0 Å². The van der Waals surface area contributed by atoms with Crippen molar-refractivity contribution in [2.24, 2.45) is 0 Å². The highest BCUT2D eigenvalue weighted by atomic mass is 32.2. The van der Waals surface area contributed by atoms with Gasteiger partial charge in [0.2, 0.25) is 5.12 Å². The van der Waals surface area contributed by atoms with Crippen molar-refractivity contribution in [3.05, 3.63) is 96.6 Å². The molecule has 2 atom stereocenters. The van der Waals surface area contributed by atoms with Crippen LogP contribution < -0.4 is 9.80 Å². The molecule has 3 aromatic rings. The lowest BCUT2D eigenvalue weighted by atomic mass is 10.1. The third kappa shape index (κ3) is 2.64. The van der Waals surface area contributed by atoms with E-state index < -0.39 is 5.12 Å². The molecule has 3 saturated heterocycles. The Morgan fingerprint density at radius 1 is 0.750 bits per heavy atom. The number of hydrogen-bond donors (Lipinski definition) is 0. The van der Waals surface area contributed by atoms with Crippen molar-refractivity contribution in [2.45, 2.75) is 11.2 Å². The predicted octanol–water partition coefficient (Wildman–Crippen LogP) is 4.97. The number of rotatable bonds is 3. The molecule has 4 amide bonds. The van der Waals surface area contributed by atoms with Gasteiger partial charge in [0.25, 0.3) is 0 Å². The van der Waals surface area contributed by atoms with Crippen LogP contribution in [0.3, 0.4) is 0 Å². The Morgan fingerprint density at radius 2 is 1.34 bits per heavy atom. The molecule has 0 bridgehead atoms. The summed E-state index contributed by atoms with van der Waals surface area (Å²) in [6.07, 6.45) is 0. The molecule has 6 nitrogen and oxygen atoms in total. The first-order valence-corrected chi connectivity index (χ1v) is 11.7. The zero-order valence-electron chi connectivity index (χ0n) is 17.4. The van der Waals surface area contributed by atoms with Gasteiger partial charge in [0.1, 0.15) is 0 Å². The molecule has 3 aliphatic rings. The molecule has 1 spiro atoms. The fourth-order valence-electron chi connectivity index (χ4n) is 5.02. The molecule has 0 radical (unpaired) electrons. The second-order valence-electron chi connectivity index (χ2n) is 8.07. The molecule has 0 aromatic heterocycles. The van der Waals surface area contributed by atoms with Gasteiger partial charge in [-0.05, 0) is 29.8 Å². The third-order valence-electron chi connectivity index (χ3n) is 6.37. The topological polar surface area (TPSA) is 47.1 Å². The van der Waals surface area contributed by atoms with Crippen molar-refractivity contribution in [1.29, 1.82) is 0 Å². The first-order valence-electron chi connectivity index (χ1n) is 10.7. The van der Waals surface area contributed by atoms with Gasteiger partial charge in [-0.2, -0.15) is 0 Å². The lowest BCUT2D eigenvalue weighted by molar-refractivity contribution is 0.112. The van der Waals surface area contributed by atoms with Crippen molar-refractivity contribution in [2.75, 3.05) is 28.6 Å². The Balaban J connectivity index is 1.57. The minimum absolute atomic E-state index is 0.151. The van der Waals surface area contributed by atoms with Crippen LogP contribution in [0.4, 0.5) is 21.0 Å². The van der Waals surface area contributed by atoms with E-state index in [9.17, 15) is 9.59 Å². The number of amides is 4. The predicted molar refractivity (Wildman–Crippen MR) is 126 cm³/mol. The number of hydrogen-bond acceptors (Lipinski definition) is 4. The maximum atomic E-state index is 14.1. The standard InChI is InChI=1S/C25H22N4O2S/c30-23-27(20-12-6-2-7-13-20)24(31)29-22(19-10-4-1-5-11-19)18-26-16-17-32-25(26,29)28(23)21-14-8-3-9-15-21/h1-15,22H,16-18H2. The van der Waals surface area contributed by atoms with Crippen LogP contribution in [0.15, 0.2) is 91.0 Å². The van der Waals surface area contributed by atoms with Gasteiger partial charge < -0.3 is 0 Å². The van der Waals surface area contributed by atoms with E-state index in [1.54, 1.807) is 11.8 Å². The minimum Gasteiger partial charge on any atom is -0.270 e. The third-order valence-corrected chi connectivity index (χ3v) is 7.78. The Labute approximate surface area is 191 Å². The smallest absolute Gasteiger partial charge is 0.270 e. The maximum Gasteiger partial charge on any atom is 0.341 e. The van der Waals surface area contributed by atoms with Crippen molar-refractivity contribution < 1.29 is 9.59 Å². The van der Waals surface area contributed by atoms with E-state index in [1.165, 1.54) is 4.90 Å². The average Bonchev–Trinajstić information content (AvgIpc) is 3.37. The molecule has 6 rings (SSSR count). The van der Waals surface area contributed by atoms with Crippen molar-refractivity contribution in [3.8, 4) is 0 Å². The minimum atomic E-state index is -0.874. The number of anilines is 2. The Kier molecular flexibility index (Phi) is 4.48. The van der Waals surface area contributed by atoms with E-state index >= 15 is 0 Å². The Bertz CT molecular complexity index is 1160. The van der Waals surface area contributed by atoms with Crippen LogP contribution in [0.2, 0.25) is 0 Å². The molecule has 3 fully saturated rings. The van der Waals surface area contributed by atoms with Crippen LogP contribution in [-0.4, -0.2) is 45.8 Å². The van der Waals surface area contributed by atoms with Gasteiger partial charge in [0.15, 0.2) is 0 Å². The molecule has 0 saturated carbocycles. The van der Waals surface area contributed by atoms with E-state index in [4.69, 9.17) is 0 Å². The van der Waals surface area contributed by atoms with Gasteiger partial charge in [0.05, 0.1) is 17.4 Å². The largest absolute Gasteiger partial charge is 0.341 e. The van der Waals surface area contributed by atoms with Crippen molar-refractivity contribution in [1.82, 2.24) is 9.80 Å². The molecular formula is C25H22N4O2S. The van der Waals surface area contributed by atoms with Crippen LogP contribution in [0.5, 0.6) is 0 Å². The van der Waals surface area contributed by atoms with Gasteiger partial charge in [-0.15, -0.1) is 0 Å². The maximum absolute atomic E-state index is 14.1. The second-order valence-corrected chi connectivity index (χ2v) is 9.32. The lowest BCUT2D eigenvalue weighted by Gasteiger charge is -2.52. The summed E-state index contributed by atoms with van der Waals surface area (Å²) in [6, 6.07) is 28.3. The van der Waals surface area contributed by atoms with E-state index in [0.717, 1.165) is 23.5 Å².